The average molecular weight is 361 g/mol. The molecular weight excluding hydrogens is 344 g/mol. The van der Waals surface area contributed by atoms with Crippen molar-refractivity contribution in [3.63, 3.8) is 0 Å². The molecule has 1 aliphatic heterocycles. The number of rotatable bonds is 3. The van der Waals surface area contributed by atoms with Crippen LogP contribution in [0.4, 0.5) is 0 Å². The molecular formula is C17H17ClN4OS. The van der Waals surface area contributed by atoms with Crippen LogP contribution in [0.15, 0.2) is 30.5 Å². The molecule has 1 atom stereocenters. The molecule has 0 aromatic carbocycles. The van der Waals surface area contributed by atoms with E-state index in [2.05, 4.69) is 16.5 Å². The smallest absolute Gasteiger partial charge is 0.263 e. The lowest BCUT2D eigenvalue weighted by Gasteiger charge is -2.16. The van der Waals surface area contributed by atoms with Gasteiger partial charge >= 0.3 is 0 Å². The molecule has 24 heavy (non-hydrogen) atoms. The van der Waals surface area contributed by atoms with Gasteiger partial charge in [0.25, 0.3) is 5.91 Å². The summed E-state index contributed by atoms with van der Waals surface area (Å²) in [5.41, 5.74) is 1.84. The number of hydrogen-bond acceptors (Lipinski definition) is 4. The molecule has 0 spiro atoms. The first-order valence-electron chi connectivity index (χ1n) is 8.03. The van der Waals surface area contributed by atoms with E-state index in [0.717, 1.165) is 36.5 Å². The van der Waals surface area contributed by atoms with Gasteiger partial charge in [-0.25, -0.2) is 9.97 Å². The third-order valence-electron chi connectivity index (χ3n) is 4.47. The number of thiophene rings is 1. The maximum Gasteiger partial charge on any atom is 0.263 e. The van der Waals surface area contributed by atoms with Gasteiger partial charge in [0.2, 0.25) is 0 Å². The Morgan fingerprint density at radius 2 is 2.29 bits per heavy atom. The fourth-order valence-corrected chi connectivity index (χ4v) is 4.35. The molecule has 1 amide bonds. The standard InChI is InChI=1S/C17H17ClN4OS/c1-2-22-15(20-12-4-3-8-19-16(12)22)11-7-9-21(10-11)17(23)13-5-6-14(18)24-13/h3-6,8,11H,2,7,9-10H2,1H3/t11-/m1/s1. The largest absolute Gasteiger partial charge is 0.337 e. The van der Waals surface area contributed by atoms with Crippen molar-refractivity contribution in [3.8, 4) is 0 Å². The number of carbonyl (C=O) groups is 1. The van der Waals surface area contributed by atoms with Crippen molar-refractivity contribution in [2.24, 2.45) is 0 Å². The molecule has 4 rings (SSSR count). The first-order valence-corrected chi connectivity index (χ1v) is 9.22. The zero-order valence-corrected chi connectivity index (χ0v) is 14.8. The van der Waals surface area contributed by atoms with Gasteiger partial charge in [-0.05, 0) is 37.6 Å². The van der Waals surface area contributed by atoms with Gasteiger partial charge in [-0.2, -0.15) is 0 Å². The molecule has 5 nitrogen and oxygen atoms in total. The van der Waals surface area contributed by atoms with Gasteiger partial charge in [-0.1, -0.05) is 11.6 Å². The first-order chi connectivity index (χ1) is 11.7. The minimum absolute atomic E-state index is 0.0617. The van der Waals surface area contributed by atoms with Crippen LogP contribution in [-0.4, -0.2) is 38.4 Å². The number of likely N-dealkylation sites (tertiary alicyclic amines) is 1. The van der Waals surface area contributed by atoms with Crippen LogP contribution in [-0.2, 0) is 6.54 Å². The summed E-state index contributed by atoms with van der Waals surface area (Å²) in [5.74, 6) is 1.34. The normalized spacial score (nSPS) is 17.8. The van der Waals surface area contributed by atoms with Gasteiger partial charge < -0.3 is 9.47 Å². The summed E-state index contributed by atoms with van der Waals surface area (Å²) >= 11 is 7.28. The van der Waals surface area contributed by atoms with Crippen molar-refractivity contribution in [1.29, 1.82) is 0 Å². The van der Waals surface area contributed by atoms with Crippen LogP contribution < -0.4 is 0 Å². The highest BCUT2D eigenvalue weighted by atomic mass is 35.5. The van der Waals surface area contributed by atoms with Gasteiger partial charge in [0.1, 0.15) is 11.3 Å². The van der Waals surface area contributed by atoms with Crippen molar-refractivity contribution >= 4 is 40.0 Å². The van der Waals surface area contributed by atoms with Crippen molar-refractivity contribution in [2.75, 3.05) is 13.1 Å². The number of hydrogen-bond donors (Lipinski definition) is 0. The average Bonchev–Trinajstić information content (AvgIpc) is 3.31. The van der Waals surface area contributed by atoms with Crippen LogP contribution in [0.1, 0.15) is 34.8 Å². The Morgan fingerprint density at radius 3 is 3.04 bits per heavy atom. The van der Waals surface area contributed by atoms with Crippen molar-refractivity contribution in [3.05, 3.63) is 45.5 Å². The van der Waals surface area contributed by atoms with Crippen LogP contribution in [0.3, 0.4) is 0 Å². The highest BCUT2D eigenvalue weighted by Crippen LogP contribution is 2.31. The number of fused-ring (bicyclic) bond motifs is 1. The molecule has 7 heteroatoms. The van der Waals surface area contributed by atoms with Crippen molar-refractivity contribution < 1.29 is 4.79 Å². The molecule has 3 aromatic heterocycles. The Bertz CT molecular complexity index is 903. The van der Waals surface area contributed by atoms with Gasteiger partial charge in [0.05, 0.1) is 9.21 Å². The second-order valence-electron chi connectivity index (χ2n) is 5.90. The van der Waals surface area contributed by atoms with Gasteiger partial charge in [-0.3, -0.25) is 4.79 Å². The van der Waals surface area contributed by atoms with Crippen LogP contribution in [0.2, 0.25) is 4.34 Å². The molecule has 4 heterocycles. The molecule has 0 unspecified atom stereocenters. The molecule has 1 fully saturated rings. The Balaban J connectivity index is 1.60. The monoisotopic (exact) mass is 360 g/mol. The molecule has 0 radical (unpaired) electrons. The molecule has 1 aliphatic rings. The Kier molecular flexibility index (Phi) is 4.02. The number of carbonyl (C=O) groups excluding carboxylic acids is 1. The minimum Gasteiger partial charge on any atom is -0.337 e. The van der Waals surface area contributed by atoms with E-state index in [-0.39, 0.29) is 11.8 Å². The summed E-state index contributed by atoms with van der Waals surface area (Å²) in [6, 6.07) is 7.47. The van der Waals surface area contributed by atoms with Gasteiger partial charge in [0.15, 0.2) is 5.65 Å². The van der Waals surface area contributed by atoms with Crippen molar-refractivity contribution in [1.82, 2.24) is 19.4 Å². The van der Waals surface area contributed by atoms with Crippen LogP contribution in [0.5, 0.6) is 0 Å². The van der Waals surface area contributed by atoms with Crippen LogP contribution >= 0.6 is 22.9 Å². The Morgan fingerprint density at radius 1 is 1.42 bits per heavy atom. The zero-order valence-electron chi connectivity index (χ0n) is 13.3. The van der Waals surface area contributed by atoms with Crippen molar-refractivity contribution in [2.45, 2.75) is 25.8 Å². The molecule has 3 aromatic rings. The lowest BCUT2D eigenvalue weighted by molar-refractivity contribution is 0.0795. The van der Waals surface area contributed by atoms with Gasteiger partial charge in [0, 0.05) is 31.7 Å². The number of aromatic nitrogens is 3. The maximum absolute atomic E-state index is 12.6. The Hall–Kier alpha value is -1.92. The zero-order chi connectivity index (χ0) is 16.7. The summed E-state index contributed by atoms with van der Waals surface area (Å²) in [5, 5.41) is 0. The number of nitrogens with zero attached hydrogens (tertiary/aromatic N) is 4. The lowest BCUT2D eigenvalue weighted by atomic mass is 10.1. The molecule has 0 saturated carbocycles. The van der Waals surface area contributed by atoms with E-state index in [1.807, 2.05) is 17.0 Å². The van der Waals surface area contributed by atoms with Gasteiger partial charge in [-0.15, -0.1) is 11.3 Å². The molecule has 124 valence electrons. The first kappa shape index (κ1) is 15.6. The predicted octanol–water partition coefficient (Wildman–Crippen LogP) is 3.80. The summed E-state index contributed by atoms with van der Waals surface area (Å²) in [4.78, 5) is 24.4. The minimum atomic E-state index is 0.0617. The summed E-state index contributed by atoms with van der Waals surface area (Å²) in [7, 11) is 0. The maximum atomic E-state index is 12.6. The summed E-state index contributed by atoms with van der Waals surface area (Å²) < 4.78 is 2.81. The fraction of sp³-hybridized carbons (Fsp3) is 0.353. The third kappa shape index (κ3) is 2.59. The van der Waals surface area contributed by atoms with E-state index in [0.29, 0.717) is 15.8 Å². The summed E-state index contributed by atoms with van der Waals surface area (Å²) in [6.45, 7) is 4.37. The second kappa shape index (κ2) is 6.18. The number of amides is 1. The van der Waals surface area contributed by atoms with E-state index in [4.69, 9.17) is 16.6 Å². The quantitative estimate of drug-likeness (QED) is 0.714. The second-order valence-corrected chi connectivity index (χ2v) is 7.62. The third-order valence-corrected chi connectivity index (χ3v) is 5.69. The number of imidazole rings is 1. The lowest BCUT2D eigenvalue weighted by Crippen LogP contribution is -2.28. The number of pyridine rings is 1. The fourth-order valence-electron chi connectivity index (χ4n) is 3.34. The topological polar surface area (TPSA) is 51.0 Å². The molecule has 0 N–H and O–H groups in total. The predicted molar refractivity (Wildman–Crippen MR) is 95.8 cm³/mol. The number of halogens is 1. The Labute approximate surface area is 148 Å². The van der Waals surface area contributed by atoms with Crippen LogP contribution in [0, 0.1) is 0 Å². The van der Waals surface area contributed by atoms with Crippen LogP contribution in [0.25, 0.3) is 11.2 Å². The highest BCUT2D eigenvalue weighted by Gasteiger charge is 2.31. The molecule has 1 saturated heterocycles. The van der Waals surface area contributed by atoms with E-state index < -0.39 is 0 Å². The SMILES string of the molecule is CCn1c([C@@H]2CCN(C(=O)c3ccc(Cl)s3)C2)nc2cccnc21. The number of aryl methyl sites for hydroxylation is 1. The molecule has 0 bridgehead atoms. The molecule has 0 aliphatic carbocycles. The van der Waals surface area contributed by atoms with E-state index >= 15 is 0 Å². The summed E-state index contributed by atoms with van der Waals surface area (Å²) in [6.07, 6.45) is 2.72. The van der Waals surface area contributed by atoms with E-state index in [1.165, 1.54) is 11.3 Å². The highest BCUT2D eigenvalue weighted by molar-refractivity contribution is 7.17. The van der Waals surface area contributed by atoms with E-state index in [9.17, 15) is 4.79 Å². The van der Waals surface area contributed by atoms with E-state index in [1.54, 1.807) is 18.3 Å².